The summed E-state index contributed by atoms with van der Waals surface area (Å²) in [5.41, 5.74) is 11.3. The number of nitrogens with zero attached hydrogens (tertiary/aromatic N) is 6. The quantitative estimate of drug-likeness (QED) is 0.192. The Balaban J connectivity index is 1.73. The number of para-hydroxylation sites is 1. The van der Waals surface area contributed by atoms with E-state index in [-0.39, 0.29) is 22.8 Å². The predicted molar refractivity (Wildman–Crippen MR) is 142 cm³/mol. The van der Waals surface area contributed by atoms with E-state index < -0.39 is 23.1 Å². The first kappa shape index (κ1) is 25.5. The van der Waals surface area contributed by atoms with Gasteiger partial charge in [-0.1, -0.05) is 24.8 Å². The van der Waals surface area contributed by atoms with Gasteiger partial charge < -0.3 is 16.8 Å². The zero-order valence-corrected chi connectivity index (χ0v) is 20.7. The number of aromatic nitrogens is 5. The summed E-state index contributed by atoms with van der Waals surface area (Å²) in [7, 11) is 2.45. The van der Waals surface area contributed by atoms with Crippen molar-refractivity contribution < 1.29 is 13.6 Å². The maximum Gasteiger partial charge on any atom is 0.287 e. The molecule has 1 unspecified atom stereocenters. The number of fused-ring (bicyclic) bond motifs is 1. The van der Waals surface area contributed by atoms with Gasteiger partial charge in [-0.05, 0) is 18.2 Å². The summed E-state index contributed by atoms with van der Waals surface area (Å²) in [5.74, 6) is -4.03. The van der Waals surface area contributed by atoms with Crippen molar-refractivity contribution in [3.05, 3.63) is 79.0 Å². The number of aliphatic imine (C=N–C) groups is 1. The summed E-state index contributed by atoms with van der Waals surface area (Å²) in [6.45, 7) is 4.29. The Hall–Kier alpha value is -4.57. The van der Waals surface area contributed by atoms with Gasteiger partial charge in [0.15, 0.2) is 5.82 Å². The number of hydrogen-bond donors (Lipinski definition) is 3. The SMILES string of the molecule is C=C(N)c1cc(N=C(C(=CN)C(=O)Nc2cnc(-n3nccn3)c(P)c2)C(C)(F)F)c2ccccc2n1. The minimum Gasteiger partial charge on any atom is -0.404 e. The number of alkyl halides is 2. The van der Waals surface area contributed by atoms with Gasteiger partial charge >= 0.3 is 0 Å². The fourth-order valence-corrected chi connectivity index (χ4v) is 3.79. The summed E-state index contributed by atoms with van der Waals surface area (Å²) >= 11 is 0. The van der Waals surface area contributed by atoms with E-state index in [1.807, 2.05) is 0 Å². The molecule has 5 N–H and O–H groups in total. The topological polar surface area (TPSA) is 150 Å². The minimum absolute atomic E-state index is 0.126. The number of anilines is 1. The lowest BCUT2D eigenvalue weighted by Gasteiger charge is -2.18. The standard InChI is InChI=1S/C24H22F2N9OP/c1-13(28)18-10-19(15-5-3-4-6-17(15)33-18)34-21(24(2,25)26)16(11-27)23(36)32-14-9-20(37)22(29-12-14)35-30-7-8-31-35/h3-12H,1,27-28,37H2,2H3,(H,32,36). The van der Waals surface area contributed by atoms with Gasteiger partial charge in [-0.15, -0.1) is 14.0 Å². The molecule has 0 saturated carbocycles. The molecule has 1 aromatic carbocycles. The van der Waals surface area contributed by atoms with Crippen molar-refractivity contribution in [1.29, 1.82) is 0 Å². The highest BCUT2D eigenvalue weighted by atomic mass is 31.0. The Bertz CT molecular complexity index is 1560. The van der Waals surface area contributed by atoms with Crippen LogP contribution in [0.2, 0.25) is 0 Å². The normalized spacial score (nSPS) is 12.5. The highest BCUT2D eigenvalue weighted by Gasteiger charge is 2.35. The maximum atomic E-state index is 14.8. The summed E-state index contributed by atoms with van der Waals surface area (Å²) in [6.07, 6.45) is 5.11. The third kappa shape index (κ3) is 5.49. The van der Waals surface area contributed by atoms with Crippen LogP contribution in [-0.4, -0.2) is 42.5 Å². The van der Waals surface area contributed by atoms with E-state index in [9.17, 15) is 13.6 Å². The second kappa shape index (κ2) is 10.2. The fourth-order valence-electron chi connectivity index (χ4n) is 3.43. The first-order valence-electron chi connectivity index (χ1n) is 10.8. The van der Waals surface area contributed by atoms with Crippen molar-refractivity contribution >= 4 is 54.1 Å². The summed E-state index contributed by atoms with van der Waals surface area (Å²) in [4.78, 5) is 27.2. The molecule has 1 atom stereocenters. The molecule has 1 amide bonds. The number of hydrogen-bond acceptors (Lipinski definition) is 8. The first-order valence-corrected chi connectivity index (χ1v) is 11.3. The van der Waals surface area contributed by atoms with E-state index in [0.717, 1.165) is 6.20 Å². The van der Waals surface area contributed by atoms with Crippen molar-refractivity contribution in [3.63, 3.8) is 0 Å². The number of pyridine rings is 2. The molecule has 37 heavy (non-hydrogen) atoms. The van der Waals surface area contributed by atoms with E-state index in [1.54, 1.807) is 30.3 Å². The van der Waals surface area contributed by atoms with E-state index in [2.05, 4.69) is 46.3 Å². The average molecular weight is 521 g/mol. The van der Waals surface area contributed by atoms with E-state index >= 15 is 0 Å². The molecule has 0 aliphatic heterocycles. The van der Waals surface area contributed by atoms with Crippen LogP contribution < -0.4 is 22.1 Å². The molecule has 4 aromatic rings. The van der Waals surface area contributed by atoms with E-state index in [4.69, 9.17) is 11.5 Å². The van der Waals surface area contributed by atoms with Crippen LogP contribution in [0, 0.1) is 0 Å². The third-order valence-corrected chi connectivity index (χ3v) is 5.52. The molecule has 0 fully saturated rings. The lowest BCUT2D eigenvalue weighted by Crippen LogP contribution is -2.33. The predicted octanol–water partition coefficient (Wildman–Crippen LogP) is 2.85. The molecule has 10 nitrogen and oxygen atoms in total. The molecule has 0 saturated heterocycles. The van der Waals surface area contributed by atoms with Gasteiger partial charge in [0, 0.05) is 23.8 Å². The number of nitrogens with two attached hydrogens (primary N) is 2. The number of benzene rings is 1. The third-order valence-electron chi connectivity index (χ3n) is 5.10. The van der Waals surface area contributed by atoms with Crippen molar-refractivity contribution in [2.75, 3.05) is 5.32 Å². The van der Waals surface area contributed by atoms with Crippen molar-refractivity contribution in [3.8, 4) is 5.82 Å². The number of halogens is 2. The van der Waals surface area contributed by atoms with Crippen LogP contribution in [-0.2, 0) is 4.79 Å². The van der Waals surface area contributed by atoms with Crippen LogP contribution in [0.15, 0.2) is 78.3 Å². The van der Waals surface area contributed by atoms with Crippen molar-refractivity contribution in [2.24, 2.45) is 16.5 Å². The molecule has 13 heteroatoms. The number of rotatable bonds is 7. The van der Waals surface area contributed by atoms with Gasteiger partial charge in [-0.2, -0.15) is 19.0 Å². The van der Waals surface area contributed by atoms with Gasteiger partial charge in [-0.25, -0.2) is 15.0 Å². The van der Waals surface area contributed by atoms with E-state index in [1.165, 1.54) is 29.5 Å². The second-order valence-corrected chi connectivity index (χ2v) is 8.53. The van der Waals surface area contributed by atoms with E-state index in [0.29, 0.717) is 28.9 Å². The van der Waals surface area contributed by atoms with Gasteiger partial charge in [0.25, 0.3) is 11.8 Å². The molecule has 0 radical (unpaired) electrons. The largest absolute Gasteiger partial charge is 0.404 e. The fraction of sp³-hybridized carbons (Fsp3) is 0.0833. The van der Waals surface area contributed by atoms with Gasteiger partial charge in [-0.3, -0.25) is 4.79 Å². The lowest BCUT2D eigenvalue weighted by molar-refractivity contribution is -0.112. The highest BCUT2D eigenvalue weighted by Crippen LogP contribution is 2.31. The Labute approximate surface area is 212 Å². The van der Waals surface area contributed by atoms with Crippen LogP contribution in [0.1, 0.15) is 12.6 Å². The second-order valence-electron chi connectivity index (χ2n) is 7.91. The molecule has 0 spiro atoms. The molecule has 188 valence electrons. The number of carbonyl (C=O) groups is 1. The Morgan fingerprint density at radius 3 is 2.57 bits per heavy atom. The molecular weight excluding hydrogens is 499 g/mol. The van der Waals surface area contributed by atoms with Crippen LogP contribution >= 0.6 is 9.24 Å². The lowest BCUT2D eigenvalue weighted by atomic mass is 10.0. The summed E-state index contributed by atoms with van der Waals surface area (Å²) < 4.78 is 29.7. The van der Waals surface area contributed by atoms with Gasteiger partial charge in [0.1, 0.15) is 5.71 Å². The Morgan fingerprint density at radius 2 is 1.95 bits per heavy atom. The monoisotopic (exact) mass is 521 g/mol. The molecule has 0 bridgehead atoms. The van der Waals surface area contributed by atoms with Crippen LogP contribution in [0.25, 0.3) is 22.4 Å². The number of amides is 1. The van der Waals surface area contributed by atoms with Crippen LogP contribution in [0.5, 0.6) is 0 Å². The minimum atomic E-state index is -3.54. The van der Waals surface area contributed by atoms with Crippen molar-refractivity contribution in [1.82, 2.24) is 25.0 Å². The van der Waals surface area contributed by atoms with Gasteiger partial charge in [0.2, 0.25) is 0 Å². The summed E-state index contributed by atoms with van der Waals surface area (Å²) in [5, 5.41) is 11.6. The molecule has 3 heterocycles. The number of carbonyl (C=O) groups excluding carboxylic acids is 1. The highest BCUT2D eigenvalue weighted by molar-refractivity contribution is 7.27. The van der Waals surface area contributed by atoms with Gasteiger partial charge in [0.05, 0.1) is 52.4 Å². The average Bonchev–Trinajstić information content (AvgIpc) is 3.37. The summed E-state index contributed by atoms with van der Waals surface area (Å²) in [6, 6.07) is 9.80. The maximum absolute atomic E-state index is 14.8. The van der Waals surface area contributed by atoms with Crippen LogP contribution in [0.3, 0.4) is 0 Å². The zero-order valence-electron chi connectivity index (χ0n) is 19.6. The molecule has 0 aliphatic carbocycles. The first-order chi connectivity index (χ1) is 17.6. The molecule has 3 aromatic heterocycles. The molecule has 4 rings (SSSR count). The van der Waals surface area contributed by atoms with Crippen molar-refractivity contribution in [2.45, 2.75) is 12.8 Å². The molecule has 0 aliphatic rings. The number of nitrogens with one attached hydrogen (secondary N) is 1. The Kier molecular flexibility index (Phi) is 7.03. The Morgan fingerprint density at radius 1 is 1.24 bits per heavy atom. The zero-order chi connectivity index (χ0) is 26.7. The smallest absolute Gasteiger partial charge is 0.287 e. The van der Waals surface area contributed by atoms with Crippen LogP contribution in [0.4, 0.5) is 20.2 Å². The molecular formula is C24H22F2N9OP.